The average Bonchev–Trinajstić information content (AvgIpc) is 2.41. The minimum Gasteiger partial charge on any atom is -0.382 e. The summed E-state index contributed by atoms with van der Waals surface area (Å²) in [7, 11) is 0. The Morgan fingerprint density at radius 3 is 2.57 bits per heavy atom. The van der Waals surface area contributed by atoms with Crippen LogP contribution in [0, 0.1) is 6.92 Å². The van der Waals surface area contributed by atoms with Crippen LogP contribution in [0.2, 0.25) is 0 Å². The second-order valence-electron chi connectivity index (χ2n) is 3.04. The van der Waals surface area contributed by atoms with Gasteiger partial charge >= 0.3 is 0 Å². The third-order valence-corrected chi connectivity index (χ3v) is 2.15. The number of hydrogen-bond acceptors (Lipinski definition) is 5. The van der Waals surface area contributed by atoms with Gasteiger partial charge in [-0.25, -0.2) is 4.98 Å². The molecule has 0 amide bonds. The number of anilines is 2. The Labute approximate surface area is 81.0 Å². The molecule has 4 N–H and O–H groups in total. The summed E-state index contributed by atoms with van der Waals surface area (Å²) in [5, 5.41) is 0. The van der Waals surface area contributed by atoms with Crippen LogP contribution in [-0.2, 0) is 6.54 Å². The second kappa shape index (κ2) is 2.83. The Morgan fingerprint density at radius 2 is 1.93 bits per heavy atom. The van der Waals surface area contributed by atoms with Gasteiger partial charge in [0.25, 0.3) is 0 Å². The lowest BCUT2D eigenvalue weighted by molar-refractivity contribution is 0.746. The quantitative estimate of drug-likeness (QED) is 0.678. The van der Waals surface area contributed by atoms with Gasteiger partial charge in [-0.2, -0.15) is 9.97 Å². The van der Waals surface area contributed by atoms with Crippen molar-refractivity contribution >= 4 is 22.9 Å². The summed E-state index contributed by atoms with van der Waals surface area (Å²) in [4.78, 5) is 12.3. The van der Waals surface area contributed by atoms with Gasteiger partial charge in [0.1, 0.15) is 5.82 Å². The number of aryl methyl sites for hydroxylation is 2. The zero-order valence-electron chi connectivity index (χ0n) is 8.15. The molecule has 14 heavy (non-hydrogen) atoms. The van der Waals surface area contributed by atoms with E-state index in [1.807, 2.05) is 18.4 Å². The van der Waals surface area contributed by atoms with Gasteiger partial charge < -0.3 is 16.0 Å². The summed E-state index contributed by atoms with van der Waals surface area (Å²) in [5.74, 6) is 1.39. The first kappa shape index (κ1) is 8.74. The molecule has 0 aliphatic rings. The largest absolute Gasteiger partial charge is 0.382 e. The lowest BCUT2D eigenvalue weighted by Crippen LogP contribution is -2.03. The fraction of sp³-hybridized carbons (Fsp3) is 0.375. The van der Waals surface area contributed by atoms with Crippen molar-refractivity contribution in [3.8, 4) is 0 Å². The third-order valence-electron chi connectivity index (χ3n) is 2.15. The van der Waals surface area contributed by atoms with Crippen LogP contribution in [0.5, 0.6) is 0 Å². The molecule has 0 fully saturated rings. The second-order valence-corrected chi connectivity index (χ2v) is 3.04. The molecule has 0 saturated carbocycles. The molecule has 6 heteroatoms. The van der Waals surface area contributed by atoms with Crippen molar-refractivity contribution < 1.29 is 0 Å². The van der Waals surface area contributed by atoms with Crippen LogP contribution in [0.4, 0.5) is 11.8 Å². The maximum absolute atomic E-state index is 5.69. The highest BCUT2D eigenvalue weighted by Gasteiger charge is 2.11. The summed E-state index contributed by atoms with van der Waals surface area (Å²) in [6.45, 7) is 4.71. The molecular formula is C8H12N6. The number of rotatable bonds is 1. The molecular weight excluding hydrogens is 180 g/mol. The SMILES string of the molecule is CCn1c(C)nc2c(N)nc(N)nc21. The zero-order valence-corrected chi connectivity index (χ0v) is 8.15. The van der Waals surface area contributed by atoms with Crippen LogP contribution >= 0.6 is 0 Å². The average molecular weight is 192 g/mol. The monoisotopic (exact) mass is 192 g/mol. The van der Waals surface area contributed by atoms with E-state index in [0.717, 1.165) is 12.4 Å². The van der Waals surface area contributed by atoms with Gasteiger partial charge in [0.15, 0.2) is 17.0 Å². The maximum Gasteiger partial charge on any atom is 0.224 e. The first-order valence-corrected chi connectivity index (χ1v) is 4.39. The molecule has 0 aliphatic carbocycles. The Kier molecular flexibility index (Phi) is 1.77. The molecule has 0 unspecified atom stereocenters. The summed E-state index contributed by atoms with van der Waals surface area (Å²) >= 11 is 0. The van der Waals surface area contributed by atoms with Gasteiger partial charge in [0, 0.05) is 6.54 Å². The smallest absolute Gasteiger partial charge is 0.224 e. The summed E-state index contributed by atoms with van der Waals surface area (Å²) < 4.78 is 1.95. The molecule has 0 bridgehead atoms. The summed E-state index contributed by atoms with van der Waals surface area (Å²) in [6, 6.07) is 0. The van der Waals surface area contributed by atoms with E-state index in [9.17, 15) is 0 Å². The Balaban J connectivity index is 2.87. The molecule has 0 radical (unpaired) electrons. The standard InChI is InChI=1S/C8H12N6/c1-3-14-4(2)11-5-6(9)12-8(10)13-7(5)14/h3H2,1-2H3,(H4,9,10,12,13). The molecule has 0 aromatic carbocycles. The fourth-order valence-corrected chi connectivity index (χ4v) is 1.53. The van der Waals surface area contributed by atoms with Crippen LogP contribution in [0.25, 0.3) is 11.2 Å². The van der Waals surface area contributed by atoms with Crippen molar-refractivity contribution in [3.05, 3.63) is 5.82 Å². The Bertz CT molecular complexity index is 486. The van der Waals surface area contributed by atoms with E-state index in [0.29, 0.717) is 17.0 Å². The molecule has 2 aromatic rings. The van der Waals surface area contributed by atoms with Gasteiger partial charge in [-0.15, -0.1) is 0 Å². The molecule has 2 aromatic heterocycles. The van der Waals surface area contributed by atoms with E-state index < -0.39 is 0 Å². The molecule has 6 nitrogen and oxygen atoms in total. The lowest BCUT2D eigenvalue weighted by atomic mass is 10.5. The lowest BCUT2D eigenvalue weighted by Gasteiger charge is -2.01. The van der Waals surface area contributed by atoms with Gasteiger partial charge in [0.2, 0.25) is 5.95 Å². The number of fused-ring (bicyclic) bond motifs is 1. The zero-order chi connectivity index (χ0) is 10.3. The number of aromatic nitrogens is 4. The van der Waals surface area contributed by atoms with E-state index in [1.54, 1.807) is 0 Å². The number of imidazole rings is 1. The van der Waals surface area contributed by atoms with Crippen molar-refractivity contribution in [2.45, 2.75) is 20.4 Å². The minimum atomic E-state index is 0.185. The van der Waals surface area contributed by atoms with Crippen molar-refractivity contribution in [3.63, 3.8) is 0 Å². The predicted molar refractivity (Wildman–Crippen MR) is 54.6 cm³/mol. The van der Waals surface area contributed by atoms with Crippen LogP contribution < -0.4 is 11.5 Å². The molecule has 2 heterocycles. The van der Waals surface area contributed by atoms with E-state index in [-0.39, 0.29) is 5.95 Å². The van der Waals surface area contributed by atoms with Crippen LogP contribution in [-0.4, -0.2) is 19.5 Å². The van der Waals surface area contributed by atoms with E-state index in [4.69, 9.17) is 11.5 Å². The minimum absolute atomic E-state index is 0.185. The van der Waals surface area contributed by atoms with E-state index in [2.05, 4.69) is 15.0 Å². The number of nitrogen functional groups attached to an aromatic ring is 2. The van der Waals surface area contributed by atoms with Gasteiger partial charge in [-0.1, -0.05) is 0 Å². The predicted octanol–water partition coefficient (Wildman–Crippen LogP) is 0.319. The highest BCUT2D eigenvalue weighted by atomic mass is 15.2. The van der Waals surface area contributed by atoms with E-state index in [1.165, 1.54) is 0 Å². The maximum atomic E-state index is 5.69. The number of hydrogen-bond donors (Lipinski definition) is 2. The number of nitrogens with zero attached hydrogens (tertiary/aromatic N) is 4. The third kappa shape index (κ3) is 1.07. The van der Waals surface area contributed by atoms with Crippen molar-refractivity contribution in [2.24, 2.45) is 0 Å². The van der Waals surface area contributed by atoms with Crippen molar-refractivity contribution in [2.75, 3.05) is 11.5 Å². The highest BCUT2D eigenvalue weighted by Crippen LogP contribution is 2.18. The Hall–Kier alpha value is -1.85. The summed E-state index contributed by atoms with van der Waals surface area (Å²) in [6.07, 6.45) is 0. The first-order chi connectivity index (χ1) is 6.63. The normalized spacial score (nSPS) is 11.0. The first-order valence-electron chi connectivity index (χ1n) is 4.39. The fourth-order valence-electron chi connectivity index (χ4n) is 1.53. The Morgan fingerprint density at radius 1 is 1.21 bits per heavy atom. The van der Waals surface area contributed by atoms with Gasteiger partial charge in [-0.05, 0) is 13.8 Å². The topological polar surface area (TPSA) is 95.6 Å². The molecule has 2 rings (SSSR count). The van der Waals surface area contributed by atoms with Gasteiger partial charge in [-0.3, -0.25) is 0 Å². The van der Waals surface area contributed by atoms with Gasteiger partial charge in [0.05, 0.1) is 0 Å². The van der Waals surface area contributed by atoms with Crippen LogP contribution in [0.15, 0.2) is 0 Å². The highest BCUT2D eigenvalue weighted by molar-refractivity contribution is 5.83. The molecule has 0 atom stereocenters. The summed E-state index contributed by atoms with van der Waals surface area (Å²) in [5.41, 5.74) is 12.5. The molecule has 0 spiro atoms. The van der Waals surface area contributed by atoms with Crippen LogP contribution in [0.1, 0.15) is 12.7 Å². The molecule has 74 valence electrons. The molecule has 0 saturated heterocycles. The molecule has 0 aliphatic heterocycles. The van der Waals surface area contributed by atoms with Crippen molar-refractivity contribution in [1.82, 2.24) is 19.5 Å². The number of nitrogens with two attached hydrogens (primary N) is 2. The van der Waals surface area contributed by atoms with Crippen molar-refractivity contribution in [1.29, 1.82) is 0 Å². The van der Waals surface area contributed by atoms with E-state index >= 15 is 0 Å². The van der Waals surface area contributed by atoms with Crippen LogP contribution in [0.3, 0.4) is 0 Å².